The van der Waals surface area contributed by atoms with Crippen LogP contribution in [0, 0.1) is 5.92 Å². The minimum absolute atomic E-state index is 0.00154. The molecule has 0 saturated carbocycles. The van der Waals surface area contributed by atoms with E-state index in [1.165, 1.54) is 0 Å². The van der Waals surface area contributed by atoms with E-state index in [0.717, 1.165) is 0 Å². The normalized spacial score (nSPS) is 18.9. The number of rotatable bonds is 2. The Morgan fingerprint density at radius 1 is 1.57 bits per heavy atom. The summed E-state index contributed by atoms with van der Waals surface area (Å²) in [6.07, 6.45) is 0. The fourth-order valence-corrected chi connectivity index (χ4v) is 0.190. The Morgan fingerprint density at radius 2 is 2.00 bits per heavy atom. The summed E-state index contributed by atoms with van der Waals surface area (Å²) >= 11 is 5.49. The van der Waals surface area contributed by atoms with Crippen LogP contribution in [0.2, 0.25) is 0 Å². The van der Waals surface area contributed by atoms with E-state index in [-0.39, 0.29) is 18.0 Å². The third-order valence-electron chi connectivity index (χ3n) is 1.03. The molecule has 2 unspecified atom stereocenters. The Bertz CT molecular complexity index is 45.3. The lowest BCUT2D eigenvalue weighted by Crippen LogP contribution is -2.07. The number of hydrogen-bond donors (Lipinski definition) is 0. The van der Waals surface area contributed by atoms with Crippen molar-refractivity contribution < 1.29 is 4.39 Å². The van der Waals surface area contributed by atoms with Gasteiger partial charge in [-0.05, 0) is 6.92 Å². The van der Waals surface area contributed by atoms with Gasteiger partial charge in [0, 0.05) is 11.3 Å². The number of halogens is 2. The van der Waals surface area contributed by atoms with Gasteiger partial charge in [0.15, 0.2) is 0 Å². The smallest absolute Gasteiger partial charge is 0.0933 e. The van der Waals surface area contributed by atoms with Gasteiger partial charge >= 0.3 is 0 Å². The molecule has 0 saturated heterocycles. The van der Waals surface area contributed by atoms with E-state index in [1.807, 2.05) is 0 Å². The standard InChI is InChI=1S/C5H10ClF/c1-4(3-7)5(2)6/h4-5H,3H2,1-2H3. The predicted molar refractivity (Wildman–Crippen MR) is 30.5 cm³/mol. The molecule has 2 atom stereocenters. The molecule has 0 N–H and O–H groups in total. The van der Waals surface area contributed by atoms with Crippen LogP contribution in [0.15, 0.2) is 0 Å². The van der Waals surface area contributed by atoms with E-state index in [0.29, 0.717) is 0 Å². The first-order chi connectivity index (χ1) is 3.18. The highest BCUT2D eigenvalue weighted by Gasteiger charge is 2.06. The van der Waals surface area contributed by atoms with Crippen LogP contribution in [0.3, 0.4) is 0 Å². The third-order valence-corrected chi connectivity index (χ3v) is 1.46. The molecular formula is C5H10ClF. The van der Waals surface area contributed by atoms with Crippen molar-refractivity contribution in [1.29, 1.82) is 0 Å². The van der Waals surface area contributed by atoms with Crippen LogP contribution in [0.4, 0.5) is 4.39 Å². The first-order valence-corrected chi connectivity index (χ1v) is 2.82. The average Bonchev–Trinajstić information content (AvgIpc) is 1.65. The van der Waals surface area contributed by atoms with Gasteiger partial charge in [0.1, 0.15) is 0 Å². The zero-order valence-corrected chi connectivity index (χ0v) is 5.37. The van der Waals surface area contributed by atoms with Crippen molar-refractivity contribution >= 4 is 11.6 Å². The monoisotopic (exact) mass is 124 g/mol. The third kappa shape index (κ3) is 2.86. The van der Waals surface area contributed by atoms with E-state index in [9.17, 15) is 4.39 Å². The molecule has 0 radical (unpaired) electrons. The second-order valence-corrected chi connectivity index (χ2v) is 2.50. The van der Waals surface area contributed by atoms with Crippen LogP contribution in [0.1, 0.15) is 13.8 Å². The highest BCUT2D eigenvalue weighted by atomic mass is 35.5. The minimum Gasteiger partial charge on any atom is -0.251 e. The molecule has 7 heavy (non-hydrogen) atoms. The first-order valence-electron chi connectivity index (χ1n) is 2.38. The van der Waals surface area contributed by atoms with Gasteiger partial charge in [-0.15, -0.1) is 11.6 Å². The molecule has 0 heterocycles. The van der Waals surface area contributed by atoms with Crippen LogP contribution in [-0.4, -0.2) is 12.1 Å². The van der Waals surface area contributed by atoms with Gasteiger partial charge in [-0.1, -0.05) is 6.92 Å². The first kappa shape index (κ1) is 7.22. The summed E-state index contributed by atoms with van der Waals surface area (Å²) in [5.41, 5.74) is 0. The van der Waals surface area contributed by atoms with Crippen molar-refractivity contribution in [2.75, 3.05) is 6.67 Å². The largest absolute Gasteiger partial charge is 0.251 e. The minimum atomic E-state index is -0.315. The maximum absolute atomic E-state index is 11.6. The fourth-order valence-electron chi connectivity index (χ4n) is 0.123. The van der Waals surface area contributed by atoms with Gasteiger partial charge in [0.2, 0.25) is 0 Å². The van der Waals surface area contributed by atoms with Crippen molar-refractivity contribution in [3.05, 3.63) is 0 Å². The maximum Gasteiger partial charge on any atom is 0.0933 e. The van der Waals surface area contributed by atoms with Crippen molar-refractivity contribution in [3.8, 4) is 0 Å². The summed E-state index contributed by atoms with van der Waals surface area (Å²) in [5.74, 6) is 0.00154. The lowest BCUT2D eigenvalue weighted by Gasteiger charge is -2.05. The van der Waals surface area contributed by atoms with Crippen molar-refractivity contribution in [1.82, 2.24) is 0 Å². The fraction of sp³-hybridized carbons (Fsp3) is 1.00. The van der Waals surface area contributed by atoms with E-state index in [2.05, 4.69) is 0 Å². The number of hydrogen-bond acceptors (Lipinski definition) is 0. The molecular weight excluding hydrogens is 115 g/mol. The molecule has 0 aromatic rings. The highest BCUT2D eigenvalue weighted by molar-refractivity contribution is 6.20. The van der Waals surface area contributed by atoms with E-state index in [4.69, 9.17) is 11.6 Å². The molecule has 2 heteroatoms. The summed E-state index contributed by atoms with van der Waals surface area (Å²) in [6, 6.07) is 0. The van der Waals surface area contributed by atoms with Crippen molar-refractivity contribution in [2.24, 2.45) is 5.92 Å². The van der Waals surface area contributed by atoms with Gasteiger partial charge in [0.05, 0.1) is 6.67 Å². The Labute approximate surface area is 48.7 Å². The van der Waals surface area contributed by atoms with Crippen molar-refractivity contribution in [2.45, 2.75) is 19.2 Å². The Kier molecular flexibility index (Phi) is 3.35. The molecule has 0 spiro atoms. The van der Waals surface area contributed by atoms with Gasteiger partial charge in [0.25, 0.3) is 0 Å². The lowest BCUT2D eigenvalue weighted by atomic mass is 10.1. The molecule has 0 aliphatic heterocycles. The Balaban J connectivity index is 3.14. The molecule has 0 fully saturated rings. The number of alkyl halides is 2. The molecule has 0 aromatic carbocycles. The van der Waals surface area contributed by atoms with Gasteiger partial charge in [-0.3, -0.25) is 4.39 Å². The van der Waals surface area contributed by atoms with Gasteiger partial charge < -0.3 is 0 Å². The second kappa shape index (κ2) is 3.25. The molecule has 0 nitrogen and oxygen atoms in total. The van der Waals surface area contributed by atoms with Crippen LogP contribution >= 0.6 is 11.6 Å². The van der Waals surface area contributed by atoms with Gasteiger partial charge in [-0.2, -0.15) is 0 Å². The summed E-state index contributed by atoms with van der Waals surface area (Å²) < 4.78 is 11.6. The quantitative estimate of drug-likeness (QED) is 0.496. The zero-order chi connectivity index (χ0) is 5.86. The summed E-state index contributed by atoms with van der Waals surface area (Å²) in [6.45, 7) is 3.27. The van der Waals surface area contributed by atoms with Crippen LogP contribution in [-0.2, 0) is 0 Å². The van der Waals surface area contributed by atoms with Crippen LogP contribution < -0.4 is 0 Å². The molecule has 0 amide bonds. The predicted octanol–water partition coefficient (Wildman–Crippen LogP) is 2.22. The molecule has 0 bridgehead atoms. The molecule has 0 rings (SSSR count). The summed E-state index contributed by atoms with van der Waals surface area (Å²) in [7, 11) is 0. The molecule has 0 aromatic heterocycles. The Hall–Kier alpha value is 0.220. The molecule has 0 aliphatic rings. The van der Waals surface area contributed by atoms with Gasteiger partial charge in [-0.25, -0.2) is 0 Å². The topological polar surface area (TPSA) is 0 Å². The second-order valence-electron chi connectivity index (χ2n) is 1.81. The molecule has 0 aliphatic carbocycles. The summed E-state index contributed by atoms with van der Waals surface area (Å²) in [5, 5.41) is -0.0370. The van der Waals surface area contributed by atoms with E-state index < -0.39 is 0 Å². The van der Waals surface area contributed by atoms with Crippen molar-refractivity contribution in [3.63, 3.8) is 0 Å². The van der Waals surface area contributed by atoms with E-state index >= 15 is 0 Å². The summed E-state index contributed by atoms with van der Waals surface area (Å²) in [4.78, 5) is 0. The molecule has 44 valence electrons. The average molecular weight is 125 g/mol. The highest BCUT2D eigenvalue weighted by Crippen LogP contribution is 2.08. The SMILES string of the molecule is CC(Cl)C(C)CF. The van der Waals surface area contributed by atoms with Crippen LogP contribution in [0.25, 0.3) is 0 Å². The Morgan fingerprint density at radius 3 is 2.00 bits per heavy atom. The lowest BCUT2D eigenvalue weighted by molar-refractivity contribution is 0.379. The van der Waals surface area contributed by atoms with E-state index in [1.54, 1.807) is 13.8 Å². The maximum atomic E-state index is 11.6. The van der Waals surface area contributed by atoms with Crippen LogP contribution in [0.5, 0.6) is 0 Å². The zero-order valence-electron chi connectivity index (χ0n) is 4.62.